The summed E-state index contributed by atoms with van der Waals surface area (Å²) in [6.07, 6.45) is 5.24. The van der Waals surface area contributed by atoms with Crippen molar-refractivity contribution in [3.8, 4) is 0 Å². The SMILES string of the molecule is Cn1cc(C(=O)N2CCN(C3CCCN(c4ccccc4)C3=O)CC2)cn1. The molecule has 2 fully saturated rings. The maximum absolute atomic E-state index is 13.1. The average Bonchev–Trinajstić information content (AvgIpc) is 3.15. The third kappa shape index (κ3) is 3.60. The van der Waals surface area contributed by atoms with Gasteiger partial charge in [0.2, 0.25) is 5.91 Å². The maximum Gasteiger partial charge on any atom is 0.257 e. The van der Waals surface area contributed by atoms with Crippen molar-refractivity contribution in [2.75, 3.05) is 37.6 Å². The topological polar surface area (TPSA) is 61.7 Å². The quantitative estimate of drug-likeness (QED) is 0.822. The summed E-state index contributed by atoms with van der Waals surface area (Å²) in [6, 6.07) is 9.79. The first-order valence-corrected chi connectivity index (χ1v) is 9.52. The van der Waals surface area contributed by atoms with Crippen molar-refractivity contribution >= 4 is 17.5 Å². The minimum Gasteiger partial charge on any atom is -0.336 e. The summed E-state index contributed by atoms with van der Waals surface area (Å²) >= 11 is 0. The van der Waals surface area contributed by atoms with Gasteiger partial charge in [-0.25, -0.2) is 0 Å². The fourth-order valence-electron chi connectivity index (χ4n) is 4.01. The Labute approximate surface area is 159 Å². The van der Waals surface area contributed by atoms with Gasteiger partial charge in [-0.3, -0.25) is 19.2 Å². The Kier molecular flexibility index (Phi) is 4.94. The van der Waals surface area contributed by atoms with Crippen LogP contribution in [0.25, 0.3) is 0 Å². The molecule has 4 rings (SSSR count). The maximum atomic E-state index is 13.1. The van der Waals surface area contributed by atoms with Crippen molar-refractivity contribution in [1.82, 2.24) is 19.6 Å². The number of piperidine rings is 1. The zero-order valence-electron chi connectivity index (χ0n) is 15.6. The molecule has 7 nitrogen and oxygen atoms in total. The Morgan fingerprint density at radius 1 is 1.07 bits per heavy atom. The normalized spacial score (nSPS) is 21.5. The highest BCUT2D eigenvalue weighted by atomic mass is 16.2. The van der Waals surface area contributed by atoms with Crippen LogP contribution in [0.2, 0.25) is 0 Å². The largest absolute Gasteiger partial charge is 0.336 e. The minimum absolute atomic E-state index is 0.0173. The Balaban J connectivity index is 1.39. The zero-order valence-corrected chi connectivity index (χ0v) is 15.6. The molecule has 2 aromatic rings. The van der Waals surface area contributed by atoms with Crippen LogP contribution in [0.4, 0.5) is 5.69 Å². The highest BCUT2D eigenvalue weighted by molar-refractivity contribution is 5.98. The van der Waals surface area contributed by atoms with Gasteiger partial charge in [-0.05, 0) is 25.0 Å². The van der Waals surface area contributed by atoms with Gasteiger partial charge >= 0.3 is 0 Å². The summed E-state index contributed by atoms with van der Waals surface area (Å²) in [5.74, 6) is 0.197. The number of piperazine rings is 1. The van der Waals surface area contributed by atoms with E-state index in [1.54, 1.807) is 17.1 Å². The van der Waals surface area contributed by atoms with Crippen LogP contribution in [0, 0.1) is 0 Å². The summed E-state index contributed by atoms with van der Waals surface area (Å²) in [5.41, 5.74) is 1.59. The molecule has 0 spiro atoms. The molecule has 0 N–H and O–H groups in total. The van der Waals surface area contributed by atoms with Crippen LogP contribution in [0.15, 0.2) is 42.7 Å². The predicted molar refractivity (Wildman–Crippen MR) is 103 cm³/mol. The minimum atomic E-state index is -0.0883. The third-order valence-electron chi connectivity index (χ3n) is 5.47. The van der Waals surface area contributed by atoms with Gasteiger partial charge in [-0.15, -0.1) is 0 Å². The Morgan fingerprint density at radius 2 is 1.81 bits per heavy atom. The molecule has 0 aliphatic carbocycles. The van der Waals surface area contributed by atoms with Crippen LogP contribution >= 0.6 is 0 Å². The van der Waals surface area contributed by atoms with Gasteiger partial charge in [-0.2, -0.15) is 5.10 Å². The van der Waals surface area contributed by atoms with E-state index in [-0.39, 0.29) is 17.9 Å². The number of hydrogen-bond donors (Lipinski definition) is 0. The van der Waals surface area contributed by atoms with Crippen LogP contribution in [0.3, 0.4) is 0 Å². The van der Waals surface area contributed by atoms with Crippen molar-refractivity contribution in [1.29, 1.82) is 0 Å². The second-order valence-electron chi connectivity index (χ2n) is 7.21. The van der Waals surface area contributed by atoms with Gasteiger partial charge in [0.25, 0.3) is 5.91 Å². The molecule has 2 aliphatic rings. The van der Waals surface area contributed by atoms with E-state index in [1.165, 1.54) is 0 Å². The number of hydrogen-bond acceptors (Lipinski definition) is 4. The Bertz CT molecular complexity index is 811. The summed E-state index contributed by atoms with van der Waals surface area (Å²) in [5, 5.41) is 4.08. The van der Waals surface area contributed by atoms with Gasteiger partial charge in [0.05, 0.1) is 17.8 Å². The lowest BCUT2D eigenvalue weighted by molar-refractivity contribution is -0.126. The van der Waals surface area contributed by atoms with E-state index in [2.05, 4.69) is 10.00 Å². The summed E-state index contributed by atoms with van der Waals surface area (Å²) in [6.45, 7) is 3.51. The molecule has 2 amide bonds. The number of anilines is 1. The van der Waals surface area contributed by atoms with Gasteiger partial charge in [0.15, 0.2) is 0 Å². The van der Waals surface area contributed by atoms with Crippen LogP contribution in [-0.4, -0.2) is 70.2 Å². The van der Waals surface area contributed by atoms with E-state index < -0.39 is 0 Å². The molecule has 0 radical (unpaired) electrons. The van der Waals surface area contributed by atoms with Gasteiger partial charge < -0.3 is 9.80 Å². The van der Waals surface area contributed by atoms with Gasteiger partial charge in [-0.1, -0.05) is 18.2 Å². The van der Waals surface area contributed by atoms with Gasteiger partial charge in [0.1, 0.15) is 0 Å². The predicted octanol–water partition coefficient (Wildman–Crippen LogP) is 1.37. The van der Waals surface area contributed by atoms with E-state index >= 15 is 0 Å². The first-order chi connectivity index (χ1) is 13.1. The molecule has 0 saturated carbocycles. The van der Waals surface area contributed by atoms with E-state index in [4.69, 9.17) is 0 Å². The molecule has 2 aliphatic heterocycles. The highest BCUT2D eigenvalue weighted by Crippen LogP contribution is 2.24. The van der Waals surface area contributed by atoms with Crippen molar-refractivity contribution in [3.63, 3.8) is 0 Å². The molecule has 2 saturated heterocycles. The Hall–Kier alpha value is -2.67. The van der Waals surface area contributed by atoms with Crippen molar-refractivity contribution < 1.29 is 9.59 Å². The van der Waals surface area contributed by atoms with Crippen LogP contribution < -0.4 is 4.90 Å². The first kappa shape index (κ1) is 17.7. The molecule has 7 heteroatoms. The number of carbonyl (C=O) groups is 2. The van der Waals surface area contributed by atoms with E-state index in [0.29, 0.717) is 18.7 Å². The number of rotatable bonds is 3. The van der Waals surface area contributed by atoms with Crippen molar-refractivity contribution in [2.24, 2.45) is 7.05 Å². The fraction of sp³-hybridized carbons (Fsp3) is 0.450. The summed E-state index contributed by atoms with van der Waals surface area (Å²) < 4.78 is 1.64. The number of carbonyl (C=O) groups excluding carboxylic acids is 2. The lowest BCUT2D eigenvalue weighted by Gasteiger charge is -2.42. The number of aromatic nitrogens is 2. The third-order valence-corrected chi connectivity index (χ3v) is 5.47. The number of para-hydroxylation sites is 1. The molecule has 1 unspecified atom stereocenters. The number of amides is 2. The fourth-order valence-corrected chi connectivity index (χ4v) is 4.01. The number of benzene rings is 1. The molecule has 3 heterocycles. The molecule has 1 aromatic heterocycles. The molecular formula is C20H25N5O2. The van der Waals surface area contributed by atoms with Crippen LogP contribution in [0.1, 0.15) is 23.2 Å². The van der Waals surface area contributed by atoms with E-state index in [0.717, 1.165) is 38.2 Å². The first-order valence-electron chi connectivity index (χ1n) is 9.52. The Morgan fingerprint density at radius 3 is 2.48 bits per heavy atom. The van der Waals surface area contributed by atoms with Crippen LogP contribution in [-0.2, 0) is 11.8 Å². The van der Waals surface area contributed by atoms with Crippen molar-refractivity contribution in [2.45, 2.75) is 18.9 Å². The number of nitrogens with zero attached hydrogens (tertiary/aromatic N) is 5. The van der Waals surface area contributed by atoms with E-state index in [1.807, 2.05) is 47.2 Å². The molecular weight excluding hydrogens is 342 g/mol. The second kappa shape index (κ2) is 7.52. The second-order valence-corrected chi connectivity index (χ2v) is 7.21. The van der Waals surface area contributed by atoms with Gasteiger partial charge in [0, 0.05) is 51.7 Å². The standard InChI is InChI=1S/C20H25N5O2/c1-22-15-16(14-21-22)19(26)24-12-10-23(11-13-24)18-8-5-9-25(20(18)27)17-6-3-2-4-7-17/h2-4,6-7,14-15,18H,5,8-13H2,1H3. The number of aryl methyl sites for hydroxylation is 1. The lowest BCUT2D eigenvalue weighted by Crippen LogP contribution is -2.58. The molecule has 0 bridgehead atoms. The zero-order chi connectivity index (χ0) is 18.8. The smallest absolute Gasteiger partial charge is 0.257 e. The lowest BCUT2D eigenvalue weighted by atomic mass is 10.0. The summed E-state index contributed by atoms with van der Waals surface area (Å²) in [7, 11) is 1.81. The monoisotopic (exact) mass is 367 g/mol. The van der Waals surface area contributed by atoms with E-state index in [9.17, 15) is 9.59 Å². The molecule has 142 valence electrons. The molecule has 27 heavy (non-hydrogen) atoms. The average molecular weight is 367 g/mol. The molecule has 1 atom stereocenters. The summed E-state index contributed by atoms with van der Waals surface area (Å²) in [4.78, 5) is 31.6. The van der Waals surface area contributed by atoms with Crippen LogP contribution in [0.5, 0.6) is 0 Å². The highest BCUT2D eigenvalue weighted by Gasteiger charge is 2.36. The van der Waals surface area contributed by atoms with Crippen molar-refractivity contribution in [3.05, 3.63) is 48.3 Å². The molecule has 1 aromatic carbocycles.